The zero-order valence-electron chi connectivity index (χ0n) is 8.91. The number of allylic oxidation sites excluding steroid dienone is 1. The van der Waals surface area contributed by atoms with Crippen LogP contribution >= 0.6 is 0 Å². The van der Waals surface area contributed by atoms with Crippen LogP contribution < -0.4 is 27.8 Å². The first-order valence-corrected chi connectivity index (χ1v) is 4.67. The lowest BCUT2D eigenvalue weighted by Gasteiger charge is -2.08. The molecule has 0 atom stereocenters. The second-order valence-electron chi connectivity index (χ2n) is 3.02. The summed E-state index contributed by atoms with van der Waals surface area (Å²) in [5.74, 6) is 0.347. The predicted octanol–water partition coefficient (Wildman–Crippen LogP) is -0.894. The van der Waals surface area contributed by atoms with E-state index in [1.807, 2.05) is 0 Å². The van der Waals surface area contributed by atoms with Crippen molar-refractivity contribution in [1.82, 2.24) is 10.6 Å². The average Bonchev–Trinajstić information content (AvgIpc) is 2.33. The summed E-state index contributed by atoms with van der Waals surface area (Å²) < 4.78 is 4.70. The highest BCUT2D eigenvalue weighted by molar-refractivity contribution is 5.69. The summed E-state index contributed by atoms with van der Waals surface area (Å²) >= 11 is 0. The van der Waals surface area contributed by atoms with E-state index in [2.05, 4.69) is 10.6 Å². The molecule has 1 heterocycles. The highest BCUT2D eigenvalue weighted by Gasteiger charge is 2.09. The maximum atomic E-state index is 11.1. The zero-order valence-corrected chi connectivity index (χ0v) is 8.91. The molecule has 7 heteroatoms. The van der Waals surface area contributed by atoms with Crippen LogP contribution in [0.15, 0.2) is 35.2 Å². The molecule has 0 aromatic heterocycles. The van der Waals surface area contributed by atoms with Gasteiger partial charge in [0, 0.05) is 12.3 Å². The Balaban J connectivity index is 2.78. The van der Waals surface area contributed by atoms with Crippen LogP contribution in [0.4, 0.5) is 4.79 Å². The first kappa shape index (κ1) is 11.8. The first-order valence-electron chi connectivity index (χ1n) is 4.67. The maximum absolute atomic E-state index is 11.1. The number of carbonyl (C=O) groups is 1. The fourth-order valence-electron chi connectivity index (χ4n) is 1.02. The minimum atomic E-state index is -0.582. The Hall–Kier alpha value is -2.31. The van der Waals surface area contributed by atoms with E-state index < -0.39 is 6.09 Å². The Bertz CT molecular complexity index is 383. The Morgan fingerprint density at radius 3 is 2.81 bits per heavy atom. The van der Waals surface area contributed by atoms with Crippen LogP contribution in [0.3, 0.4) is 0 Å². The fourth-order valence-corrected chi connectivity index (χ4v) is 1.02. The van der Waals surface area contributed by atoms with Gasteiger partial charge in [0.25, 0.3) is 0 Å². The Labute approximate surface area is 93.0 Å². The minimum absolute atomic E-state index is 0.258. The molecule has 8 N–H and O–H groups in total. The van der Waals surface area contributed by atoms with E-state index in [0.29, 0.717) is 11.5 Å². The molecule has 0 spiro atoms. The molecular weight excluding hydrogens is 210 g/mol. The lowest BCUT2D eigenvalue weighted by molar-refractivity contribution is 0.154. The molecule has 16 heavy (non-hydrogen) atoms. The molecule has 1 rings (SSSR count). The van der Waals surface area contributed by atoms with Gasteiger partial charge < -0.3 is 27.3 Å². The summed E-state index contributed by atoms with van der Waals surface area (Å²) in [6, 6.07) is 0. The number of nitrogens with one attached hydrogen (secondary N) is 2. The standard InChI is InChI=1S/C9H15N5O2/c1-2-16-9(15)14-7-3-5(10)8(12)6(11)4-13-7/h3-4,13H,2,10-12H2,1H3,(H,14,15). The van der Waals surface area contributed by atoms with Crippen molar-refractivity contribution in [2.24, 2.45) is 17.2 Å². The highest BCUT2D eigenvalue weighted by Crippen LogP contribution is 2.06. The molecule has 0 aromatic rings. The lowest BCUT2D eigenvalue weighted by Crippen LogP contribution is -2.30. The van der Waals surface area contributed by atoms with Crippen molar-refractivity contribution in [2.75, 3.05) is 6.61 Å². The summed E-state index contributed by atoms with van der Waals surface area (Å²) in [5, 5.41) is 5.19. The SMILES string of the molecule is CCOC(=O)NC1=CC(N)=C(N)C(N)=CN1. The van der Waals surface area contributed by atoms with Crippen LogP contribution in [0, 0.1) is 0 Å². The van der Waals surface area contributed by atoms with Gasteiger partial charge in [0.15, 0.2) is 0 Å². The Morgan fingerprint density at radius 1 is 1.50 bits per heavy atom. The molecule has 0 fully saturated rings. The van der Waals surface area contributed by atoms with Gasteiger partial charge in [0.05, 0.1) is 23.7 Å². The van der Waals surface area contributed by atoms with Gasteiger partial charge in [-0.15, -0.1) is 0 Å². The van der Waals surface area contributed by atoms with E-state index in [9.17, 15) is 4.79 Å². The molecule has 0 unspecified atom stereocenters. The summed E-state index contributed by atoms with van der Waals surface area (Å²) in [4.78, 5) is 11.1. The van der Waals surface area contributed by atoms with Gasteiger partial charge >= 0.3 is 6.09 Å². The van der Waals surface area contributed by atoms with Crippen molar-refractivity contribution in [2.45, 2.75) is 6.92 Å². The van der Waals surface area contributed by atoms with Crippen molar-refractivity contribution in [1.29, 1.82) is 0 Å². The molecule has 1 amide bonds. The zero-order chi connectivity index (χ0) is 12.1. The monoisotopic (exact) mass is 225 g/mol. The van der Waals surface area contributed by atoms with E-state index in [1.54, 1.807) is 6.92 Å². The molecule has 0 aliphatic carbocycles. The third kappa shape index (κ3) is 2.84. The molecule has 1 aliphatic heterocycles. The van der Waals surface area contributed by atoms with Gasteiger partial charge in [-0.05, 0) is 6.92 Å². The number of ether oxygens (including phenoxy) is 1. The third-order valence-electron chi connectivity index (χ3n) is 1.82. The van der Waals surface area contributed by atoms with Crippen molar-refractivity contribution in [3.05, 3.63) is 35.2 Å². The second kappa shape index (κ2) is 4.96. The van der Waals surface area contributed by atoms with Gasteiger partial charge in [0.1, 0.15) is 5.82 Å². The van der Waals surface area contributed by atoms with Crippen molar-refractivity contribution < 1.29 is 9.53 Å². The molecule has 1 aliphatic rings. The molecular formula is C9H15N5O2. The number of amides is 1. The average molecular weight is 225 g/mol. The normalized spacial score (nSPS) is 15.6. The van der Waals surface area contributed by atoms with Gasteiger partial charge in [0.2, 0.25) is 0 Å². The summed E-state index contributed by atoms with van der Waals surface area (Å²) in [6.07, 6.45) is 2.32. The topological polar surface area (TPSA) is 128 Å². The summed E-state index contributed by atoms with van der Waals surface area (Å²) in [6.45, 7) is 1.99. The van der Waals surface area contributed by atoms with Crippen LogP contribution in [0.1, 0.15) is 6.92 Å². The number of carbonyl (C=O) groups excluding carboxylic acids is 1. The van der Waals surface area contributed by atoms with Crippen molar-refractivity contribution >= 4 is 6.09 Å². The van der Waals surface area contributed by atoms with E-state index in [1.165, 1.54) is 12.3 Å². The molecule has 7 nitrogen and oxygen atoms in total. The van der Waals surface area contributed by atoms with Crippen molar-refractivity contribution in [3.63, 3.8) is 0 Å². The number of alkyl carbamates (subject to hydrolysis) is 1. The van der Waals surface area contributed by atoms with Crippen LogP contribution in [-0.4, -0.2) is 12.7 Å². The number of rotatable bonds is 2. The van der Waals surface area contributed by atoms with Gasteiger partial charge in [-0.3, -0.25) is 5.32 Å². The van der Waals surface area contributed by atoms with Crippen LogP contribution in [0.5, 0.6) is 0 Å². The molecule has 0 aromatic carbocycles. The Morgan fingerprint density at radius 2 is 2.19 bits per heavy atom. The van der Waals surface area contributed by atoms with Crippen molar-refractivity contribution in [3.8, 4) is 0 Å². The van der Waals surface area contributed by atoms with E-state index in [4.69, 9.17) is 21.9 Å². The Kier molecular flexibility index (Phi) is 3.65. The maximum Gasteiger partial charge on any atom is 0.412 e. The highest BCUT2D eigenvalue weighted by atomic mass is 16.5. The predicted molar refractivity (Wildman–Crippen MR) is 59.0 cm³/mol. The first-order chi connectivity index (χ1) is 7.54. The van der Waals surface area contributed by atoms with Gasteiger partial charge in [-0.1, -0.05) is 0 Å². The fraction of sp³-hybridized carbons (Fsp3) is 0.222. The summed E-state index contributed by atoms with van der Waals surface area (Å²) in [5.41, 5.74) is 17.6. The molecule has 0 saturated carbocycles. The number of hydrogen-bond acceptors (Lipinski definition) is 6. The number of nitrogens with two attached hydrogens (primary N) is 3. The molecule has 0 saturated heterocycles. The summed E-state index contributed by atoms with van der Waals surface area (Å²) in [7, 11) is 0. The lowest BCUT2D eigenvalue weighted by atomic mass is 10.3. The van der Waals surface area contributed by atoms with E-state index in [-0.39, 0.29) is 18.0 Å². The quantitative estimate of drug-likeness (QED) is 0.414. The van der Waals surface area contributed by atoms with Gasteiger partial charge in [-0.25, -0.2) is 4.79 Å². The largest absolute Gasteiger partial charge is 0.450 e. The number of hydrogen-bond donors (Lipinski definition) is 5. The van der Waals surface area contributed by atoms with E-state index >= 15 is 0 Å². The molecule has 88 valence electrons. The molecule has 0 radical (unpaired) electrons. The van der Waals surface area contributed by atoms with Crippen LogP contribution in [0.25, 0.3) is 0 Å². The van der Waals surface area contributed by atoms with E-state index in [0.717, 1.165) is 0 Å². The smallest absolute Gasteiger partial charge is 0.412 e. The second-order valence-corrected chi connectivity index (χ2v) is 3.02. The van der Waals surface area contributed by atoms with Gasteiger partial charge in [-0.2, -0.15) is 0 Å². The van der Waals surface area contributed by atoms with Crippen LogP contribution in [0.2, 0.25) is 0 Å². The van der Waals surface area contributed by atoms with Crippen LogP contribution in [-0.2, 0) is 4.74 Å². The minimum Gasteiger partial charge on any atom is -0.450 e. The molecule has 0 bridgehead atoms. The third-order valence-corrected chi connectivity index (χ3v) is 1.82.